The van der Waals surface area contributed by atoms with Gasteiger partial charge in [0.25, 0.3) is 5.95 Å². The van der Waals surface area contributed by atoms with E-state index in [9.17, 15) is 0 Å². The third-order valence-corrected chi connectivity index (χ3v) is 6.80. The number of anilines is 1. The predicted molar refractivity (Wildman–Crippen MR) is 117 cm³/mol. The van der Waals surface area contributed by atoms with Crippen molar-refractivity contribution in [2.45, 2.75) is 53.4 Å². The fourth-order valence-corrected chi connectivity index (χ4v) is 5.33. The molecule has 0 aliphatic heterocycles. The van der Waals surface area contributed by atoms with Crippen LogP contribution >= 0.6 is 11.3 Å². The van der Waals surface area contributed by atoms with Crippen LogP contribution in [0.5, 0.6) is 0 Å². The number of aromatic nitrogens is 4. The van der Waals surface area contributed by atoms with Gasteiger partial charge in [0.15, 0.2) is 0 Å². The highest BCUT2D eigenvalue weighted by Crippen LogP contribution is 2.39. The average Bonchev–Trinajstić information content (AvgIpc) is 3.24. The standard InChI is InChI=1S/C21H30N6S/c1-5-26(6-2)12-11-22-19-18-16-9-7-8-10-17(16)28-20(18)24-21(23-19)27-15(4)13-14(3)25-27/h13H,5-12H2,1-4H3,(H,22,23,24). The summed E-state index contributed by atoms with van der Waals surface area (Å²) in [7, 11) is 0. The van der Waals surface area contributed by atoms with Crippen LogP contribution < -0.4 is 5.32 Å². The first-order valence-corrected chi connectivity index (χ1v) is 11.2. The Hall–Kier alpha value is -1.99. The van der Waals surface area contributed by atoms with E-state index in [4.69, 9.17) is 9.97 Å². The summed E-state index contributed by atoms with van der Waals surface area (Å²) >= 11 is 1.84. The summed E-state index contributed by atoms with van der Waals surface area (Å²) in [4.78, 5) is 14.9. The van der Waals surface area contributed by atoms with Gasteiger partial charge in [-0.1, -0.05) is 13.8 Å². The summed E-state index contributed by atoms with van der Waals surface area (Å²) in [6, 6.07) is 2.07. The molecule has 6 nitrogen and oxygen atoms in total. The number of hydrogen-bond acceptors (Lipinski definition) is 6. The molecule has 3 aromatic rings. The van der Waals surface area contributed by atoms with Gasteiger partial charge in [0.05, 0.1) is 11.1 Å². The molecule has 0 saturated heterocycles. The van der Waals surface area contributed by atoms with Crippen molar-refractivity contribution in [1.82, 2.24) is 24.6 Å². The van der Waals surface area contributed by atoms with E-state index in [1.165, 1.54) is 35.1 Å². The lowest BCUT2D eigenvalue weighted by Gasteiger charge is -2.19. The lowest BCUT2D eigenvalue weighted by Crippen LogP contribution is -2.29. The van der Waals surface area contributed by atoms with Crippen molar-refractivity contribution < 1.29 is 0 Å². The molecule has 4 rings (SSSR count). The second-order valence-corrected chi connectivity index (χ2v) is 8.64. The minimum atomic E-state index is 0.669. The van der Waals surface area contributed by atoms with Crippen LogP contribution in [-0.2, 0) is 12.8 Å². The van der Waals surface area contributed by atoms with E-state index in [0.717, 1.165) is 54.6 Å². The van der Waals surface area contributed by atoms with Gasteiger partial charge in [-0.15, -0.1) is 11.3 Å². The Morgan fingerprint density at radius 2 is 1.93 bits per heavy atom. The van der Waals surface area contributed by atoms with Gasteiger partial charge in [0.2, 0.25) is 0 Å². The first-order chi connectivity index (χ1) is 13.6. The van der Waals surface area contributed by atoms with E-state index < -0.39 is 0 Å². The van der Waals surface area contributed by atoms with Crippen molar-refractivity contribution in [3.05, 3.63) is 27.9 Å². The summed E-state index contributed by atoms with van der Waals surface area (Å²) in [6.07, 6.45) is 4.85. The second kappa shape index (κ2) is 8.17. The molecule has 0 unspecified atom stereocenters. The number of nitrogens with zero attached hydrogens (tertiary/aromatic N) is 5. The van der Waals surface area contributed by atoms with Gasteiger partial charge in [-0.2, -0.15) is 15.1 Å². The normalized spacial score (nSPS) is 14.0. The Morgan fingerprint density at radius 3 is 2.64 bits per heavy atom. The highest BCUT2D eigenvalue weighted by atomic mass is 32.1. The molecule has 0 atom stereocenters. The van der Waals surface area contributed by atoms with Gasteiger partial charge in [-0.3, -0.25) is 0 Å². The molecule has 1 aliphatic carbocycles. The van der Waals surface area contributed by atoms with E-state index >= 15 is 0 Å². The van der Waals surface area contributed by atoms with Crippen molar-refractivity contribution in [3.8, 4) is 5.95 Å². The Bertz CT molecular complexity index is 969. The Balaban J connectivity index is 1.75. The summed E-state index contributed by atoms with van der Waals surface area (Å²) in [6.45, 7) is 12.5. The summed E-state index contributed by atoms with van der Waals surface area (Å²) in [5.41, 5.74) is 3.52. The molecule has 0 amide bonds. The summed E-state index contributed by atoms with van der Waals surface area (Å²) in [5.74, 6) is 1.64. The van der Waals surface area contributed by atoms with Gasteiger partial charge in [-0.25, -0.2) is 4.68 Å². The maximum absolute atomic E-state index is 4.94. The smallest absolute Gasteiger partial charge is 0.254 e. The van der Waals surface area contributed by atoms with E-state index in [0.29, 0.717) is 5.95 Å². The highest BCUT2D eigenvalue weighted by Gasteiger charge is 2.22. The van der Waals surface area contributed by atoms with Crippen LogP contribution in [0.25, 0.3) is 16.2 Å². The molecule has 0 saturated carbocycles. The molecule has 0 bridgehead atoms. The van der Waals surface area contributed by atoms with Crippen LogP contribution in [0.2, 0.25) is 0 Å². The van der Waals surface area contributed by atoms with Crippen molar-refractivity contribution in [2.75, 3.05) is 31.5 Å². The molecular formula is C21H30N6S. The van der Waals surface area contributed by atoms with Gasteiger partial charge < -0.3 is 10.2 Å². The van der Waals surface area contributed by atoms with Gasteiger partial charge in [0.1, 0.15) is 10.6 Å². The molecule has 0 radical (unpaired) electrons. The lowest BCUT2D eigenvalue weighted by atomic mass is 9.97. The molecule has 150 valence electrons. The maximum atomic E-state index is 4.94. The number of hydrogen-bond donors (Lipinski definition) is 1. The van der Waals surface area contributed by atoms with Crippen LogP contribution in [-0.4, -0.2) is 50.8 Å². The van der Waals surface area contributed by atoms with Crippen LogP contribution in [0.15, 0.2) is 6.07 Å². The largest absolute Gasteiger partial charge is 0.368 e. The SMILES string of the molecule is CCN(CC)CCNc1nc(-n2nc(C)cc2C)nc2sc3c(c12)CCCC3. The number of thiophene rings is 1. The zero-order valence-electron chi connectivity index (χ0n) is 17.4. The minimum Gasteiger partial charge on any atom is -0.368 e. The number of aryl methyl sites for hydroxylation is 4. The lowest BCUT2D eigenvalue weighted by molar-refractivity contribution is 0.316. The molecule has 3 aromatic heterocycles. The first-order valence-electron chi connectivity index (χ1n) is 10.4. The van der Waals surface area contributed by atoms with Crippen LogP contribution in [0, 0.1) is 13.8 Å². The number of rotatable bonds is 7. The molecule has 1 N–H and O–H groups in total. The Kier molecular flexibility index (Phi) is 5.64. The molecule has 0 fully saturated rings. The van der Waals surface area contributed by atoms with Crippen molar-refractivity contribution in [1.29, 1.82) is 0 Å². The molecule has 0 aromatic carbocycles. The molecule has 3 heterocycles. The molecular weight excluding hydrogens is 368 g/mol. The Labute approximate surface area is 171 Å². The second-order valence-electron chi connectivity index (χ2n) is 7.56. The van der Waals surface area contributed by atoms with Crippen LogP contribution in [0.4, 0.5) is 5.82 Å². The summed E-state index contributed by atoms with van der Waals surface area (Å²) in [5, 5.41) is 9.48. The van der Waals surface area contributed by atoms with E-state index in [2.05, 4.69) is 42.2 Å². The monoisotopic (exact) mass is 398 g/mol. The van der Waals surface area contributed by atoms with E-state index in [-0.39, 0.29) is 0 Å². The number of likely N-dealkylation sites (N-methyl/N-ethyl adjacent to an activating group) is 1. The number of nitrogens with one attached hydrogen (secondary N) is 1. The van der Waals surface area contributed by atoms with Crippen LogP contribution in [0.3, 0.4) is 0 Å². The molecule has 28 heavy (non-hydrogen) atoms. The van der Waals surface area contributed by atoms with Gasteiger partial charge in [-0.05, 0) is 64.3 Å². The Morgan fingerprint density at radius 1 is 1.14 bits per heavy atom. The fraction of sp³-hybridized carbons (Fsp3) is 0.571. The zero-order chi connectivity index (χ0) is 19.7. The predicted octanol–water partition coefficient (Wildman–Crippen LogP) is 4.13. The third kappa shape index (κ3) is 3.65. The fourth-order valence-electron chi connectivity index (χ4n) is 4.07. The van der Waals surface area contributed by atoms with E-state index in [1.54, 1.807) is 0 Å². The van der Waals surface area contributed by atoms with Gasteiger partial charge in [0, 0.05) is 23.7 Å². The molecule has 1 aliphatic rings. The average molecular weight is 399 g/mol. The van der Waals surface area contributed by atoms with E-state index in [1.807, 2.05) is 22.9 Å². The highest BCUT2D eigenvalue weighted by molar-refractivity contribution is 7.19. The van der Waals surface area contributed by atoms with Gasteiger partial charge >= 0.3 is 0 Å². The topological polar surface area (TPSA) is 58.9 Å². The zero-order valence-corrected chi connectivity index (χ0v) is 18.2. The minimum absolute atomic E-state index is 0.669. The molecule has 7 heteroatoms. The third-order valence-electron chi connectivity index (χ3n) is 5.62. The summed E-state index contributed by atoms with van der Waals surface area (Å²) < 4.78 is 1.86. The van der Waals surface area contributed by atoms with Crippen molar-refractivity contribution >= 4 is 27.4 Å². The van der Waals surface area contributed by atoms with Crippen molar-refractivity contribution in [3.63, 3.8) is 0 Å². The maximum Gasteiger partial charge on any atom is 0.254 e. The first kappa shape index (κ1) is 19.3. The quantitative estimate of drug-likeness (QED) is 0.648. The number of fused-ring (bicyclic) bond motifs is 3. The van der Waals surface area contributed by atoms with Crippen LogP contribution in [0.1, 0.15) is 48.5 Å². The van der Waals surface area contributed by atoms with Crippen molar-refractivity contribution in [2.24, 2.45) is 0 Å². The molecule has 0 spiro atoms.